The first-order valence-corrected chi connectivity index (χ1v) is 14.1. The number of anilines is 2. The Labute approximate surface area is 253 Å². The molecule has 0 aliphatic carbocycles. The van der Waals surface area contributed by atoms with Crippen LogP contribution in [-0.4, -0.2) is 37.2 Å². The molecule has 0 aliphatic heterocycles. The van der Waals surface area contributed by atoms with Crippen molar-refractivity contribution in [2.24, 2.45) is 0 Å². The summed E-state index contributed by atoms with van der Waals surface area (Å²) >= 11 is 1.28. The van der Waals surface area contributed by atoms with Gasteiger partial charge in [0.15, 0.2) is 0 Å². The van der Waals surface area contributed by atoms with Crippen molar-refractivity contribution < 1.29 is 28.2 Å². The van der Waals surface area contributed by atoms with Crippen molar-refractivity contribution in [1.29, 1.82) is 0 Å². The van der Waals surface area contributed by atoms with Gasteiger partial charge in [0, 0.05) is 21.7 Å². The van der Waals surface area contributed by atoms with E-state index in [1.54, 1.807) is 91.9 Å². The van der Waals surface area contributed by atoms with E-state index in [1.165, 1.54) is 44.2 Å². The predicted molar refractivity (Wildman–Crippen MR) is 167 cm³/mol. The van der Waals surface area contributed by atoms with Gasteiger partial charge in [0.05, 0.1) is 25.2 Å². The Balaban J connectivity index is 1.50. The fourth-order valence-electron chi connectivity index (χ4n) is 3.92. The molecule has 0 radical (unpaired) electrons. The lowest BCUT2D eigenvalue weighted by molar-refractivity contribution is -0.115. The predicted octanol–water partition coefficient (Wildman–Crippen LogP) is 6.37. The van der Waals surface area contributed by atoms with E-state index < -0.39 is 22.9 Å². The van der Waals surface area contributed by atoms with Crippen LogP contribution in [-0.2, 0) is 9.59 Å². The number of ether oxygens (including phenoxy) is 2. The summed E-state index contributed by atoms with van der Waals surface area (Å²) in [4.78, 5) is 39.7. The summed E-state index contributed by atoms with van der Waals surface area (Å²) in [5, 5.41) is 7.59. The molecular weight excluding hydrogens is 569 g/mol. The van der Waals surface area contributed by atoms with Crippen molar-refractivity contribution >= 4 is 46.9 Å². The van der Waals surface area contributed by atoms with Crippen molar-refractivity contribution in [1.82, 2.24) is 5.32 Å². The lowest BCUT2D eigenvalue weighted by Crippen LogP contribution is -2.30. The summed E-state index contributed by atoms with van der Waals surface area (Å²) in [7, 11) is 3.03. The molecule has 0 spiro atoms. The second kappa shape index (κ2) is 14.7. The molecule has 0 aromatic heterocycles. The van der Waals surface area contributed by atoms with Crippen LogP contribution < -0.4 is 25.4 Å². The third-order valence-corrected chi connectivity index (χ3v) is 7.30. The minimum Gasteiger partial charge on any atom is -0.497 e. The van der Waals surface area contributed by atoms with E-state index in [0.717, 1.165) is 4.90 Å². The quantitative estimate of drug-likeness (QED) is 0.137. The molecule has 1 atom stereocenters. The normalized spacial score (nSPS) is 11.7. The van der Waals surface area contributed by atoms with E-state index in [1.807, 2.05) is 0 Å². The van der Waals surface area contributed by atoms with Crippen LogP contribution in [0.3, 0.4) is 0 Å². The van der Waals surface area contributed by atoms with E-state index in [9.17, 15) is 18.8 Å². The van der Waals surface area contributed by atoms with Gasteiger partial charge in [-0.1, -0.05) is 30.3 Å². The Bertz CT molecular complexity index is 1630. The van der Waals surface area contributed by atoms with Crippen molar-refractivity contribution in [2.75, 3.05) is 24.9 Å². The monoisotopic (exact) mass is 599 g/mol. The minimum atomic E-state index is -0.563. The number of benzene rings is 4. The number of carbonyl (C=O) groups excluding carboxylic acids is 3. The molecule has 0 fully saturated rings. The highest BCUT2D eigenvalue weighted by molar-refractivity contribution is 8.00. The molecule has 4 aromatic rings. The summed E-state index contributed by atoms with van der Waals surface area (Å²) in [6.45, 7) is 1.72. The van der Waals surface area contributed by atoms with Gasteiger partial charge in [-0.2, -0.15) is 0 Å². The van der Waals surface area contributed by atoms with E-state index in [2.05, 4.69) is 16.0 Å². The summed E-state index contributed by atoms with van der Waals surface area (Å²) in [6.07, 6.45) is 1.51. The Kier molecular flexibility index (Phi) is 10.5. The molecular formula is C33H30FN3O5S. The van der Waals surface area contributed by atoms with E-state index in [-0.39, 0.29) is 17.3 Å². The van der Waals surface area contributed by atoms with Gasteiger partial charge in [-0.05, 0) is 79.7 Å². The summed E-state index contributed by atoms with van der Waals surface area (Å²) in [5.41, 5.74) is 1.48. The SMILES string of the molecule is COc1ccc(OC)c(/C=C(\NC(=O)c2ccccc2)C(=O)Nc2ccc(SC(C)C(=O)Nc3ccccc3F)cc2)c1. The van der Waals surface area contributed by atoms with E-state index >= 15 is 0 Å². The zero-order valence-corrected chi connectivity index (χ0v) is 24.5. The topological polar surface area (TPSA) is 106 Å². The summed E-state index contributed by atoms with van der Waals surface area (Å²) in [6, 6.07) is 26.5. The minimum absolute atomic E-state index is 0.0164. The van der Waals surface area contributed by atoms with Gasteiger partial charge in [0.1, 0.15) is 23.0 Å². The lowest BCUT2D eigenvalue weighted by atomic mass is 10.1. The van der Waals surface area contributed by atoms with Crippen LogP contribution in [0.4, 0.5) is 15.8 Å². The average molecular weight is 600 g/mol. The Morgan fingerprint density at radius 1 is 0.837 bits per heavy atom. The summed E-state index contributed by atoms with van der Waals surface area (Å²) in [5.74, 6) is -0.845. The van der Waals surface area contributed by atoms with Gasteiger partial charge in [0.25, 0.3) is 11.8 Å². The highest BCUT2D eigenvalue weighted by Gasteiger charge is 2.18. The largest absolute Gasteiger partial charge is 0.497 e. The second-order valence-electron chi connectivity index (χ2n) is 9.19. The molecule has 0 saturated heterocycles. The lowest BCUT2D eigenvalue weighted by Gasteiger charge is -2.14. The molecule has 3 amide bonds. The van der Waals surface area contributed by atoms with Crippen molar-refractivity contribution in [3.63, 3.8) is 0 Å². The van der Waals surface area contributed by atoms with Gasteiger partial charge in [-0.15, -0.1) is 11.8 Å². The molecule has 0 saturated carbocycles. The molecule has 0 heterocycles. The Hall–Kier alpha value is -5.09. The first-order chi connectivity index (χ1) is 20.8. The van der Waals surface area contributed by atoms with E-state index in [0.29, 0.717) is 28.3 Å². The average Bonchev–Trinajstić information content (AvgIpc) is 3.03. The van der Waals surface area contributed by atoms with Crippen molar-refractivity contribution in [3.8, 4) is 11.5 Å². The third kappa shape index (κ3) is 8.46. The van der Waals surface area contributed by atoms with Gasteiger partial charge in [-0.25, -0.2) is 4.39 Å². The first kappa shape index (κ1) is 30.9. The number of carbonyl (C=O) groups is 3. The van der Waals surface area contributed by atoms with Gasteiger partial charge < -0.3 is 25.4 Å². The number of nitrogens with one attached hydrogen (secondary N) is 3. The van der Waals surface area contributed by atoms with Crippen LogP contribution in [0, 0.1) is 5.82 Å². The zero-order valence-electron chi connectivity index (χ0n) is 23.7. The van der Waals surface area contributed by atoms with Crippen LogP contribution in [0.5, 0.6) is 11.5 Å². The fraction of sp³-hybridized carbons (Fsp3) is 0.121. The molecule has 220 valence electrons. The standard InChI is InChI=1S/C33H30FN3O5S/c1-21(31(38)36-28-12-8-7-11-27(28)34)43-26-16-13-24(14-17-26)35-33(40)29(37-32(39)22-9-5-4-6-10-22)20-23-19-25(41-2)15-18-30(23)42-3/h4-21H,1-3H3,(H,35,40)(H,36,38)(H,37,39)/b29-20-. The first-order valence-electron chi connectivity index (χ1n) is 13.2. The van der Waals surface area contributed by atoms with Gasteiger partial charge in [0.2, 0.25) is 5.91 Å². The third-order valence-electron chi connectivity index (χ3n) is 6.19. The second-order valence-corrected chi connectivity index (χ2v) is 10.6. The molecule has 4 aromatic carbocycles. The van der Waals surface area contributed by atoms with Crippen LogP contribution in [0.1, 0.15) is 22.8 Å². The highest BCUT2D eigenvalue weighted by Crippen LogP contribution is 2.28. The molecule has 0 bridgehead atoms. The van der Waals surface area contributed by atoms with Crippen molar-refractivity contribution in [3.05, 3.63) is 120 Å². The molecule has 1 unspecified atom stereocenters. The van der Waals surface area contributed by atoms with Crippen LogP contribution in [0.2, 0.25) is 0 Å². The van der Waals surface area contributed by atoms with Gasteiger partial charge >= 0.3 is 0 Å². The molecule has 10 heteroatoms. The number of thioether (sulfide) groups is 1. The number of amides is 3. The number of hydrogen-bond acceptors (Lipinski definition) is 6. The Morgan fingerprint density at radius 2 is 1.53 bits per heavy atom. The molecule has 3 N–H and O–H groups in total. The molecule has 8 nitrogen and oxygen atoms in total. The molecule has 4 rings (SSSR count). The van der Waals surface area contributed by atoms with Crippen molar-refractivity contribution in [2.45, 2.75) is 17.1 Å². The number of halogens is 1. The highest BCUT2D eigenvalue weighted by atomic mass is 32.2. The van der Waals surface area contributed by atoms with Crippen LogP contribution >= 0.6 is 11.8 Å². The fourth-order valence-corrected chi connectivity index (χ4v) is 4.79. The van der Waals surface area contributed by atoms with Crippen LogP contribution in [0.15, 0.2) is 108 Å². The Morgan fingerprint density at radius 3 is 2.21 bits per heavy atom. The number of para-hydroxylation sites is 1. The maximum absolute atomic E-state index is 13.9. The molecule has 43 heavy (non-hydrogen) atoms. The zero-order chi connectivity index (χ0) is 30.8. The molecule has 0 aliphatic rings. The smallest absolute Gasteiger partial charge is 0.272 e. The van der Waals surface area contributed by atoms with Gasteiger partial charge in [-0.3, -0.25) is 14.4 Å². The number of methoxy groups -OCH3 is 2. The maximum atomic E-state index is 13.9. The number of rotatable bonds is 11. The number of hydrogen-bond donors (Lipinski definition) is 3. The van der Waals surface area contributed by atoms with E-state index in [4.69, 9.17) is 9.47 Å². The maximum Gasteiger partial charge on any atom is 0.272 e. The van der Waals surface area contributed by atoms with Crippen LogP contribution in [0.25, 0.3) is 6.08 Å². The summed E-state index contributed by atoms with van der Waals surface area (Å²) < 4.78 is 24.7.